The Morgan fingerprint density at radius 2 is 1.70 bits per heavy atom. The normalized spacial score (nSPS) is 11.4. The smallest absolute Gasteiger partial charge is 0.234 e. The van der Waals surface area contributed by atoms with Crippen molar-refractivity contribution >= 4 is 11.6 Å². The third-order valence-corrected chi connectivity index (χ3v) is 3.82. The van der Waals surface area contributed by atoms with Crippen LogP contribution in [0.2, 0.25) is 0 Å². The monoisotopic (exact) mass is 280 g/mol. The summed E-state index contributed by atoms with van der Waals surface area (Å²) in [4.78, 5) is 14.4. The van der Waals surface area contributed by atoms with Crippen LogP contribution in [0.4, 0.5) is 10.1 Å². The minimum atomic E-state index is -0.507. The standard InChI is InChI=1S/C16H25FN2O/c1-4-10-16(12-18,11-5-2)15(20)19(3)14-8-6-13(17)7-9-14/h6-9H,4-5,10-12,18H2,1-3H3. The quantitative estimate of drug-likeness (QED) is 0.832. The number of nitrogens with zero attached hydrogens (tertiary/aromatic N) is 1. The van der Waals surface area contributed by atoms with Gasteiger partial charge in [0.1, 0.15) is 5.82 Å². The van der Waals surface area contributed by atoms with E-state index in [0.717, 1.165) is 25.7 Å². The Labute approximate surface area is 121 Å². The molecule has 20 heavy (non-hydrogen) atoms. The lowest BCUT2D eigenvalue weighted by Crippen LogP contribution is -2.47. The number of nitrogens with two attached hydrogens (primary N) is 1. The van der Waals surface area contributed by atoms with E-state index in [4.69, 9.17) is 5.73 Å². The predicted octanol–water partition coefficient (Wildman–Crippen LogP) is 3.33. The summed E-state index contributed by atoms with van der Waals surface area (Å²) in [5, 5.41) is 0. The summed E-state index contributed by atoms with van der Waals surface area (Å²) < 4.78 is 13.0. The summed E-state index contributed by atoms with van der Waals surface area (Å²) in [6.45, 7) is 4.47. The first-order chi connectivity index (χ1) is 9.50. The zero-order valence-electron chi connectivity index (χ0n) is 12.7. The van der Waals surface area contributed by atoms with E-state index in [1.54, 1.807) is 24.1 Å². The van der Waals surface area contributed by atoms with Crippen LogP contribution in [0, 0.1) is 11.2 Å². The van der Waals surface area contributed by atoms with Gasteiger partial charge in [0.2, 0.25) is 5.91 Å². The fourth-order valence-corrected chi connectivity index (χ4v) is 2.73. The third kappa shape index (κ3) is 3.57. The summed E-state index contributed by atoms with van der Waals surface area (Å²) in [6.07, 6.45) is 3.39. The van der Waals surface area contributed by atoms with Gasteiger partial charge in [0, 0.05) is 19.3 Å². The number of hydrogen-bond donors (Lipinski definition) is 1. The molecule has 2 N–H and O–H groups in total. The molecule has 0 radical (unpaired) electrons. The lowest BCUT2D eigenvalue weighted by Gasteiger charge is -2.34. The predicted molar refractivity (Wildman–Crippen MR) is 81.1 cm³/mol. The van der Waals surface area contributed by atoms with Crippen molar-refractivity contribution in [1.82, 2.24) is 0 Å². The maximum absolute atomic E-state index is 13.0. The zero-order valence-corrected chi connectivity index (χ0v) is 12.7. The second-order valence-electron chi connectivity index (χ2n) is 5.33. The van der Waals surface area contributed by atoms with Crippen LogP contribution in [0.1, 0.15) is 39.5 Å². The first kappa shape index (κ1) is 16.6. The number of hydrogen-bond acceptors (Lipinski definition) is 2. The van der Waals surface area contributed by atoms with Crippen molar-refractivity contribution in [3.63, 3.8) is 0 Å². The van der Waals surface area contributed by atoms with E-state index >= 15 is 0 Å². The molecule has 0 saturated carbocycles. The van der Waals surface area contributed by atoms with Crippen molar-refractivity contribution in [2.75, 3.05) is 18.5 Å². The molecule has 0 aromatic heterocycles. The van der Waals surface area contributed by atoms with Gasteiger partial charge in [-0.1, -0.05) is 26.7 Å². The Morgan fingerprint density at radius 3 is 2.10 bits per heavy atom. The molecule has 0 atom stereocenters. The molecule has 1 amide bonds. The molecule has 4 heteroatoms. The Kier molecular flexibility index (Phi) is 6.14. The van der Waals surface area contributed by atoms with Crippen molar-refractivity contribution in [3.05, 3.63) is 30.1 Å². The van der Waals surface area contributed by atoms with Gasteiger partial charge in [-0.3, -0.25) is 4.79 Å². The number of rotatable bonds is 7. The minimum Gasteiger partial charge on any atom is -0.329 e. The molecule has 0 aliphatic carbocycles. The molecule has 0 fully saturated rings. The number of carbonyl (C=O) groups is 1. The Hall–Kier alpha value is -1.42. The van der Waals surface area contributed by atoms with Crippen LogP contribution < -0.4 is 10.6 Å². The Balaban J connectivity index is 3.01. The SMILES string of the molecule is CCCC(CN)(CCC)C(=O)N(C)c1ccc(F)cc1. The largest absolute Gasteiger partial charge is 0.329 e. The summed E-state index contributed by atoms with van der Waals surface area (Å²) in [7, 11) is 1.73. The van der Waals surface area contributed by atoms with Gasteiger partial charge in [0.25, 0.3) is 0 Å². The molecule has 0 saturated heterocycles. The van der Waals surface area contributed by atoms with Crippen LogP contribution in [0.15, 0.2) is 24.3 Å². The molecule has 1 rings (SSSR count). The van der Waals surface area contributed by atoms with E-state index in [1.807, 2.05) is 0 Å². The maximum atomic E-state index is 13.0. The van der Waals surface area contributed by atoms with Crippen LogP contribution in [0.5, 0.6) is 0 Å². The Morgan fingerprint density at radius 1 is 1.20 bits per heavy atom. The van der Waals surface area contributed by atoms with Crippen molar-refractivity contribution in [1.29, 1.82) is 0 Å². The summed E-state index contributed by atoms with van der Waals surface area (Å²) in [5.74, 6) is -0.280. The topological polar surface area (TPSA) is 46.3 Å². The summed E-state index contributed by atoms with van der Waals surface area (Å²) in [6, 6.07) is 5.96. The molecular formula is C16H25FN2O. The van der Waals surface area contributed by atoms with Gasteiger partial charge in [-0.2, -0.15) is 0 Å². The number of carbonyl (C=O) groups excluding carboxylic acids is 1. The number of anilines is 1. The molecule has 3 nitrogen and oxygen atoms in total. The lowest BCUT2D eigenvalue weighted by atomic mass is 9.78. The molecule has 0 unspecified atom stereocenters. The van der Waals surface area contributed by atoms with Crippen LogP contribution in [-0.2, 0) is 4.79 Å². The van der Waals surface area contributed by atoms with Gasteiger partial charge in [0.05, 0.1) is 5.41 Å². The molecular weight excluding hydrogens is 255 g/mol. The second-order valence-corrected chi connectivity index (χ2v) is 5.33. The fraction of sp³-hybridized carbons (Fsp3) is 0.562. The first-order valence-corrected chi connectivity index (χ1v) is 7.24. The molecule has 0 aliphatic rings. The van der Waals surface area contributed by atoms with Crippen molar-refractivity contribution in [3.8, 4) is 0 Å². The van der Waals surface area contributed by atoms with Crippen molar-refractivity contribution in [2.45, 2.75) is 39.5 Å². The fourth-order valence-electron chi connectivity index (χ4n) is 2.73. The highest BCUT2D eigenvalue weighted by molar-refractivity contribution is 5.97. The summed E-state index contributed by atoms with van der Waals surface area (Å²) >= 11 is 0. The average Bonchev–Trinajstić information content (AvgIpc) is 2.46. The molecule has 112 valence electrons. The van der Waals surface area contributed by atoms with Crippen LogP contribution >= 0.6 is 0 Å². The van der Waals surface area contributed by atoms with Crippen molar-refractivity contribution < 1.29 is 9.18 Å². The van der Waals surface area contributed by atoms with Crippen LogP contribution in [-0.4, -0.2) is 19.5 Å². The third-order valence-electron chi connectivity index (χ3n) is 3.82. The number of amides is 1. The van der Waals surface area contributed by atoms with Gasteiger partial charge >= 0.3 is 0 Å². The molecule has 0 heterocycles. The highest BCUT2D eigenvalue weighted by atomic mass is 19.1. The Bertz CT molecular complexity index is 425. The summed E-state index contributed by atoms with van der Waals surface area (Å²) in [5.41, 5.74) is 6.10. The lowest BCUT2D eigenvalue weighted by molar-refractivity contribution is -0.128. The molecule has 0 spiro atoms. The van der Waals surface area contributed by atoms with E-state index < -0.39 is 5.41 Å². The van der Waals surface area contributed by atoms with E-state index in [2.05, 4.69) is 13.8 Å². The molecule has 0 bridgehead atoms. The van der Waals surface area contributed by atoms with Gasteiger partial charge in [-0.15, -0.1) is 0 Å². The van der Waals surface area contributed by atoms with Crippen LogP contribution in [0.25, 0.3) is 0 Å². The van der Waals surface area contributed by atoms with E-state index in [9.17, 15) is 9.18 Å². The van der Waals surface area contributed by atoms with Gasteiger partial charge in [0.15, 0.2) is 0 Å². The minimum absolute atomic E-state index is 0.0234. The van der Waals surface area contributed by atoms with Gasteiger partial charge in [-0.05, 0) is 37.1 Å². The van der Waals surface area contributed by atoms with E-state index in [0.29, 0.717) is 12.2 Å². The van der Waals surface area contributed by atoms with E-state index in [-0.39, 0.29) is 11.7 Å². The molecule has 1 aromatic rings. The molecule has 1 aromatic carbocycles. The van der Waals surface area contributed by atoms with Gasteiger partial charge in [-0.25, -0.2) is 4.39 Å². The highest BCUT2D eigenvalue weighted by Gasteiger charge is 2.37. The van der Waals surface area contributed by atoms with Crippen LogP contribution in [0.3, 0.4) is 0 Å². The maximum Gasteiger partial charge on any atom is 0.234 e. The second kappa shape index (κ2) is 7.39. The number of halogens is 1. The first-order valence-electron chi connectivity index (χ1n) is 7.24. The highest BCUT2D eigenvalue weighted by Crippen LogP contribution is 2.32. The zero-order chi connectivity index (χ0) is 15.2. The number of benzene rings is 1. The van der Waals surface area contributed by atoms with Crippen molar-refractivity contribution in [2.24, 2.45) is 11.1 Å². The average molecular weight is 280 g/mol. The molecule has 0 aliphatic heterocycles. The van der Waals surface area contributed by atoms with Gasteiger partial charge < -0.3 is 10.6 Å². The van der Waals surface area contributed by atoms with E-state index in [1.165, 1.54) is 12.1 Å².